The molecule has 0 radical (unpaired) electrons. The highest BCUT2D eigenvalue weighted by Crippen LogP contribution is 2.09. The first kappa shape index (κ1) is 13.0. The fourth-order valence-corrected chi connectivity index (χ4v) is 2.14. The van der Waals surface area contributed by atoms with Crippen molar-refractivity contribution in [2.45, 2.75) is 19.9 Å². The maximum absolute atomic E-state index is 10.7. The zero-order valence-corrected chi connectivity index (χ0v) is 10.5. The van der Waals surface area contributed by atoms with Crippen LogP contribution in [-0.4, -0.2) is 63.9 Å². The Labute approximate surface area is 105 Å². The minimum atomic E-state index is -0.764. The Kier molecular flexibility index (Phi) is 4.27. The molecule has 0 saturated carbocycles. The van der Waals surface area contributed by atoms with Crippen molar-refractivity contribution in [1.29, 1.82) is 0 Å². The fraction of sp³-hybridized carbons (Fsp3) is 0.727. The van der Waals surface area contributed by atoms with E-state index in [0.29, 0.717) is 0 Å². The Morgan fingerprint density at radius 2 is 2.00 bits per heavy atom. The molecule has 7 nitrogen and oxygen atoms in total. The number of rotatable bonds is 4. The number of aliphatic carboxylic acids is 1. The van der Waals surface area contributed by atoms with Gasteiger partial charge in [0, 0.05) is 26.2 Å². The molecular weight excluding hydrogens is 236 g/mol. The molecule has 18 heavy (non-hydrogen) atoms. The van der Waals surface area contributed by atoms with Crippen molar-refractivity contribution >= 4 is 5.97 Å². The molecule has 1 aliphatic rings. The smallest absolute Gasteiger partial charge is 0.317 e. The zero-order chi connectivity index (χ0) is 13.0. The summed E-state index contributed by atoms with van der Waals surface area (Å²) in [6.07, 6.45) is 0.970. The summed E-state index contributed by atoms with van der Waals surface area (Å²) in [6.45, 7) is 6.12. The number of carboxylic acid groups (broad SMARTS) is 1. The summed E-state index contributed by atoms with van der Waals surface area (Å²) in [5.41, 5.74) is 1.68. The standard InChI is InChI=1S/C11H18N4O3/c1-9-10(13-18-12-9)7-14-3-2-4-15(6-5-14)8-11(16)17/h2-8H2,1H3,(H,16,17). The molecule has 7 heteroatoms. The highest BCUT2D eigenvalue weighted by Gasteiger charge is 2.18. The molecule has 2 rings (SSSR count). The lowest BCUT2D eigenvalue weighted by Gasteiger charge is -2.19. The quantitative estimate of drug-likeness (QED) is 0.807. The zero-order valence-electron chi connectivity index (χ0n) is 10.5. The summed E-state index contributed by atoms with van der Waals surface area (Å²) in [5.74, 6) is -0.764. The molecular formula is C11H18N4O3. The number of nitrogens with zero attached hydrogens (tertiary/aromatic N) is 4. The second kappa shape index (κ2) is 5.92. The lowest BCUT2D eigenvalue weighted by molar-refractivity contribution is -0.138. The minimum Gasteiger partial charge on any atom is -0.480 e. The Bertz CT molecular complexity index is 407. The van der Waals surface area contributed by atoms with Crippen LogP contribution in [0.3, 0.4) is 0 Å². The second-order valence-corrected chi connectivity index (χ2v) is 4.60. The number of aromatic nitrogens is 2. The van der Waals surface area contributed by atoms with Gasteiger partial charge in [0.25, 0.3) is 0 Å². The van der Waals surface area contributed by atoms with E-state index in [1.807, 2.05) is 11.8 Å². The Balaban J connectivity index is 1.85. The van der Waals surface area contributed by atoms with Gasteiger partial charge in [0.15, 0.2) is 0 Å². The highest BCUT2D eigenvalue weighted by atomic mass is 16.6. The summed E-state index contributed by atoms with van der Waals surface area (Å²) in [5, 5.41) is 16.4. The molecule has 0 aliphatic carbocycles. The van der Waals surface area contributed by atoms with E-state index in [2.05, 4.69) is 19.8 Å². The van der Waals surface area contributed by atoms with Crippen LogP contribution < -0.4 is 0 Å². The predicted molar refractivity (Wildman–Crippen MR) is 63.0 cm³/mol. The van der Waals surface area contributed by atoms with Crippen LogP contribution in [0.1, 0.15) is 17.8 Å². The van der Waals surface area contributed by atoms with E-state index in [1.54, 1.807) is 0 Å². The third-order valence-corrected chi connectivity index (χ3v) is 3.16. The molecule has 1 fully saturated rings. The highest BCUT2D eigenvalue weighted by molar-refractivity contribution is 5.69. The van der Waals surface area contributed by atoms with Gasteiger partial charge in [-0.05, 0) is 19.9 Å². The predicted octanol–water partition coefficient (Wildman–Crippen LogP) is -0.0297. The SMILES string of the molecule is Cc1nonc1CN1CCCN(CC(=O)O)CC1. The van der Waals surface area contributed by atoms with Crippen LogP contribution >= 0.6 is 0 Å². The first-order valence-electron chi connectivity index (χ1n) is 6.09. The van der Waals surface area contributed by atoms with Crippen LogP contribution in [0.4, 0.5) is 0 Å². The van der Waals surface area contributed by atoms with Gasteiger partial charge in [-0.1, -0.05) is 10.3 Å². The van der Waals surface area contributed by atoms with Crippen molar-refractivity contribution < 1.29 is 14.5 Å². The van der Waals surface area contributed by atoms with Crippen LogP contribution in [0.25, 0.3) is 0 Å². The normalized spacial score (nSPS) is 18.7. The Morgan fingerprint density at radius 1 is 1.28 bits per heavy atom. The van der Waals surface area contributed by atoms with Gasteiger partial charge in [-0.25, -0.2) is 4.63 Å². The average Bonchev–Trinajstić information content (AvgIpc) is 2.58. The number of carbonyl (C=O) groups is 1. The van der Waals surface area contributed by atoms with Gasteiger partial charge in [0.05, 0.1) is 6.54 Å². The largest absolute Gasteiger partial charge is 0.480 e. The van der Waals surface area contributed by atoms with E-state index >= 15 is 0 Å². The Morgan fingerprint density at radius 3 is 2.67 bits per heavy atom. The van der Waals surface area contributed by atoms with Crippen molar-refractivity contribution in [3.63, 3.8) is 0 Å². The molecule has 1 N–H and O–H groups in total. The molecule has 0 bridgehead atoms. The molecule has 0 aromatic carbocycles. The maximum Gasteiger partial charge on any atom is 0.317 e. The third kappa shape index (κ3) is 3.51. The van der Waals surface area contributed by atoms with Crippen LogP contribution in [0.15, 0.2) is 4.63 Å². The van der Waals surface area contributed by atoms with Crippen LogP contribution in [0.2, 0.25) is 0 Å². The van der Waals surface area contributed by atoms with Gasteiger partial charge in [0.1, 0.15) is 11.4 Å². The lowest BCUT2D eigenvalue weighted by atomic mass is 10.3. The maximum atomic E-state index is 10.7. The monoisotopic (exact) mass is 254 g/mol. The van der Waals surface area contributed by atoms with Crippen molar-refractivity contribution in [3.8, 4) is 0 Å². The molecule has 100 valence electrons. The molecule has 1 aromatic rings. The number of aryl methyl sites for hydroxylation is 1. The van der Waals surface area contributed by atoms with E-state index in [1.165, 1.54) is 0 Å². The molecule has 1 saturated heterocycles. The van der Waals surface area contributed by atoms with Gasteiger partial charge in [-0.2, -0.15) is 0 Å². The third-order valence-electron chi connectivity index (χ3n) is 3.16. The first-order chi connectivity index (χ1) is 8.65. The lowest BCUT2D eigenvalue weighted by Crippen LogP contribution is -2.34. The number of carboxylic acids is 1. The molecule has 0 atom stereocenters. The topological polar surface area (TPSA) is 82.7 Å². The van der Waals surface area contributed by atoms with Crippen molar-refractivity contribution in [2.75, 3.05) is 32.7 Å². The summed E-state index contributed by atoms with van der Waals surface area (Å²) in [7, 11) is 0. The minimum absolute atomic E-state index is 0.123. The number of hydrogen-bond donors (Lipinski definition) is 1. The molecule has 1 aromatic heterocycles. The second-order valence-electron chi connectivity index (χ2n) is 4.60. The molecule has 0 amide bonds. The van der Waals surface area contributed by atoms with Crippen LogP contribution in [-0.2, 0) is 11.3 Å². The van der Waals surface area contributed by atoms with Gasteiger partial charge >= 0.3 is 5.97 Å². The number of hydrogen-bond acceptors (Lipinski definition) is 6. The van der Waals surface area contributed by atoms with Gasteiger partial charge < -0.3 is 5.11 Å². The van der Waals surface area contributed by atoms with Gasteiger partial charge in [-0.3, -0.25) is 14.6 Å². The molecule has 0 spiro atoms. The van der Waals surface area contributed by atoms with E-state index in [-0.39, 0.29) is 6.54 Å². The molecule has 1 aliphatic heterocycles. The van der Waals surface area contributed by atoms with E-state index in [9.17, 15) is 4.79 Å². The van der Waals surface area contributed by atoms with Crippen LogP contribution in [0.5, 0.6) is 0 Å². The fourth-order valence-electron chi connectivity index (χ4n) is 2.14. The summed E-state index contributed by atoms with van der Waals surface area (Å²) < 4.78 is 4.68. The average molecular weight is 254 g/mol. The van der Waals surface area contributed by atoms with Gasteiger partial charge in [-0.15, -0.1) is 0 Å². The van der Waals surface area contributed by atoms with Crippen molar-refractivity contribution in [2.24, 2.45) is 0 Å². The molecule has 0 unspecified atom stereocenters. The summed E-state index contributed by atoms with van der Waals surface area (Å²) in [6, 6.07) is 0. The van der Waals surface area contributed by atoms with Crippen LogP contribution in [0, 0.1) is 6.92 Å². The summed E-state index contributed by atoms with van der Waals surface area (Å²) >= 11 is 0. The molecule has 2 heterocycles. The van der Waals surface area contributed by atoms with Gasteiger partial charge in [0.2, 0.25) is 0 Å². The summed E-state index contributed by atoms with van der Waals surface area (Å²) in [4.78, 5) is 14.9. The Hall–Kier alpha value is -1.47. The van der Waals surface area contributed by atoms with E-state index in [0.717, 1.165) is 50.5 Å². The first-order valence-corrected chi connectivity index (χ1v) is 6.09. The van der Waals surface area contributed by atoms with E-state index in [4.69, 9.17) is 5.11 Å². The van der Waals surface area contributed by atoms with Crippen molar-refractivity contribution in [1.82, 2.24) is 20.1 Å². The van der Waals surface area contributed by atoms with Crippen molar-refractivity contribution in [3.05, 3.63) is 11.4 Å². The van der Waals surface area contributed by atoms with E-state index < -0.39 is 5.97 Å².